The Morgan fingerprint density at radius 2 is 1.70 bits per heavy atom. The highest BCUT2D eigenvalue weighted by Crippen LogP contribution is 2.28. The molecule has 3 aromatic rings. The predicted octanol–water partition coefficient (Wildman–Crippen LogP) is 4.41. The molecule has 0 unspecified atom stereocenters. The van der Waals surface area contributed by atoms with E-state index in [1.54, 1.807) is 36.4 Å². The number of ether oxygens (including phenoxy) is 2. The molecule has 3 aromatic carbocycles. The van der Waals surface area contributed by atoms with E-state index in [2.05, 4.69) is 5.32 Å². The van der Waals surface area contributed by atoms with Crippen LogP contribution in [0.4, 0.5) is 5.69 Å². The third-order valence-electron chi connectivity index (χ3n) is 4.43. The van der Waals surface area contributed by atoms with Gasteiger partial charge in [-0.15, -0.1) is 0 Å². The number of amides is 1. The summed E-state index contributed by atoms with van der Waals surface area (Å²) < 4.78 is 10.9. The number of anilines is 1. The number of nitriles is 1. The highest BCUT2D eigenvalue weighted by Gasteiger charge is 2.26. The van der Waals surface area contributed by atoms with E-state index in [0.29, 0.717) is 22.6 Å². The predicted molar refractivity (Wildman–Crippen MR) is 112 cm³/mol. The molecule has 0 radical (unpaired) electrons. The van der Waals surface area contributed by atoms with Crippen LogP contribution in [-0.2, 0) is 9.53 Å². The van der Waals surface area contributed by atoms with Crippen LogP contribution < -0.4 is 10.1 Å². The Hall–Kier alpha value is -4.11. The molecular weight excluding hydrogens is 380 g/mol. The third-order valence-corrected chi connectivity index (χ3v) is 4.43. The van der Waals surface area contributed by atoms with Crippen LogP contribution in [0, 0.1) is 18.3 Å². The number of aryl methyl sites for hydroxylation is 1. The van der Waals surface area contributed by atoms with Crippen LogP contribution in [0.5, 0.6) is 5.75 Å². The first-order chi connectivity index (χ1) is 14.5. The fourth-order valence-corrected chi connectivity index (χ4v) is 2.87. The molecule has 1 N–H and O–H groups in total. The highest BCUT2D eigenvalue weighted by atomic mass is 16.5. The van der Waals surface area contributed by atoms with E-state index in [1.165, 1.54) is 31.4 Å². The summed E-state index contributed by atoms with van der Waals surface area (Å²) in [6.07, 6.45) is -1.17. The molecule has 1 amide bonds. The van der Waals surface area contributed by atoms with Crippen LogP contribution in [0.15, 0.2) is 72.8 Å². The molecule has 0 aliphatic rings. The molecule has 0 aliphatic carbocycles. The van der Waals surface area contributed by atoms with Crippen molar-refractivity contribution in [3.8, 4) is 11.8 Å². The molecule has 3 rings (SSSR count). The molecule has 6 nitrogen and oxygen atoms in total. The minimum absolute atomic E-state index is 0.246. The Labute approximate surface area is 174 Å². The number of nitrogens with one attached hydrogen (secondary N) is 1. The summed E-state index contributed by atoms with van der Waals surface area (Å²) in [7, 11) is 1.51. The monoisotopic (exact) mass is 400 g/mol. The number of hydrogen-bond acceptors (Lipinski definition) is 5. The Morgan fingerprint density at radius 3 is 2.33 bits per heavy atom. The van der Waals surface area contributed by atoms with Gasteiger partial charge < -0.3 is 14.8 Å². The van der Waals surface area contributed by atoms with Gasteiger partial charge in [-0.1, -0.05) is 36.4 Å². The van der Waals surface area contributed by atoms with E-state index >= 15 is 0 Å². The molecule has 150 valence electrons. The molecule has 6 heteroatoms. The second kappa shape index (κ2) is 9.39. The Balaban J connectivity index is 1.87. The van der Waals surface area contributed by atoms with Gasteiger partial charge in [0.1, 0.15) is 5.75 Å². The first-order valence-corrected chi connectivity index (χ1v) is 9.23. The standard InChI is InChI=1S/C24H20N2O4/c1-16-8-13-21(29-2)20(14-16)26-23(27)22(18-6-4-3-5-7-18)30-24(28)19-11-9-17(15-25)10-12-19/h3-14,22H,1-2H3,(H,26,27)/t22-/m1/s1. The number of rotatable bonds is 6. The smallest absolute Gasteiger partial charge is 0.339 e. The van der Waals surface area contributed by atoms with Gasteiger partial charge in [0.15, 0.2) is 0 Å². The minimum Gasteiger partial charge on any atom is -0.495 e. The molecule has 0 saturated heterocycles. The number of nitrogens with zero attached hydrogens (tertiary/aromatic N) is 1. The normalized spacial score (nSPS) is 11.1. The summed E-state index contributed by atoms with van der Waals surface area (Å²) in [5.74, 6) is -0.675. The summed E-state index contributed by atoms with van der Waals surface area (Å²) >= 11 is 0. The lowest BCUT2D eigenvalue weighted by Crippen LogP contribution is -2.26. The number of carbonyl (C=O) groups is 2. The van der Waals surface area contributed by atoms with Crippen LogP contribution in [0.25, 0.3) is 0 Å². The van der Waals surface area contributed by atoms with Crippen LogP contribution in [0.2, 0.25) is 0 Å². The van der Waals surface area contributed by atoms with Gasteiger partial charge in [0.05, 0.1) is 30.0 Å². The number of benzene rings is 3. The second-order valence-corrected chi connectivity index (χ2v) is 6.58. The van der Waals surface area contributed by atoms with Crippen LogP contribution in [0.3, 0.4) is 0 Å². The van der Waals surface area contributed by atoms with Crippen LogP contribution in [0.1, 0.15) is 33.2 Å². The van der Waals surface area contributed by atoms with Crippen molar-refractivity contribution in [2.45, 2.75) is 13.0 Å². The SMILES string of the molecule is COc1ccc(C)cc1NC(=O)[C@H](OC(=O)c1ccc(C#N)cc1)c1ccccc1. The van der Waals surface area contributed by atoms with Gasteiger partial charge in [0.2, 0.25) is 6.10 Å². The van der Waals surface area contributed by atoms with Crippen molar-refractivity contribution in [1.82, 2.24) is 0 Å². The zero-order chi connectivity index (χ0) is 21.5. The summed E-state index contributed by atoms with van der Waals surface area (Å²) in [5.41, 5.74) is 2.63. The van der Waals surface area contributed by atoms with Crippen molar-refractivity contribution in [1.29, 1.82) is 5.26 Å². The summed E-state index contributed by atoms with van der Waals surface area (Å²) in [5, 5.41) is 11.7. The fourth-order valence-electron chi connectivity index (χ4n) is 2.87. The minimum atomic E-state index is -1.17. The van der Waals surface area contributed by atoms with Crippen molar-refractivity contribution in [2.24, 2.45) is 0 Å². The second-order valence-electron chi connectivity index (χ2n) is 6.58. The number of esters is 1. The molecule has 0 fully saturated rings. The van der Waals surface area contributed by atoms with Gasteiger partial charge in [-0.2, -0.15) is 5.26 Å². The average molecular weight is 400 g/mol. The van der Waals surface area contributed by atoms with E-state index in [9.17, 15) is 9.59 Å². The van der Waals surface area contributed by atoms with E-state index in [4.69, 9.17) is 14.7 Å². The summed E-state index contributed by atoms with van der Waals surface area (Å²) in [6, 6.07) is 22.2. The van der Waals surface area contributed by atoms with E-state index in [-0.39, 0.29) is 5.56 Å². The van der Waals surface area contributed by atoms with Crippen molar-refractivity contribution < 1.29 is 19.1 Å². The van der Waals surface area contributed by atoms with E-state index in [1.807, 2.05) is 25.1 Å². The van der Waals surface area contributed by atoms with Gasteiger partial charge >= 0.3 is 5.97 Å². The molecule has 0 saturated carbocycles. The number of hydrogen-bond donors (Lipinski definition) is 1. The maximum Gasteiger partial charge on any atom is 0.339 e. The van der Waals surface area contributed by atoms with Crippen LogP contribution in [-0.4, -0.2) is 19.0 Å². The molecule has 1 atom stereocenters. The largest absolute Gasteiger partial charge is 0.495 e. The Bertz CT molecular complexity index is 1090. The van der Waals surface area contributed by atoms with Gasteiger partial charge in [-0.25, -0.2) is 4.79 Å². The summed E-state index contributed by atoms with van der Waals surface area (Å²) in [4.78, 5) is 25.7. The number of carbonyl (C=O) groups excluding carboxylic acids is 2. The van der Waals surface area contributed by atoms with Crippen molar-refractivity contribution in [2.75, 3.05) is 12.4 Å². The van der Waals surface area contributed by atoms with Gasteiger partial charge in [0, 0.05) is 5.56 Å². The fraction of sp³-hybridized carbons (Fsp3) is 0.125. The third kappa shape index (κ3) is 4.83. The molecule has 0 bridgehead atoms. The molecule has 30 heavy (non-hydrogen) atoms. The highest BCUT2D eigenvalue weighted by molar-refractivity contribution is 5.99. The summed E-state index contributed by atoms with van der Waals surface area (Å²) in [6.45, 7) is 1.90. The van der Waals surface area contributed by atoms with Crippen molar-refractivity contribution >= 4 is 17.6 Å². The lowest BCUT2D eigenvalue weighted by atomic mass is 10.1. The van der Waals surface area contributed by atoms with Gasteiger partial charge in [-0.3, -0.25) is 4.79 Å². The lowest BCUT2D eigenvalue weighted by molar-refractivity contribution is -0.125. The van der Waals surface area contributed by atoms with E-state index in [0.717, 1.165) is 5.56 Å². The van der Waals surface area contributed by atoms with Crippen molar-refractivity contribution in [3.63, 3.8) is 0 Å². The van der Waals surface area contributed by atoms with Crippen LogP contribution >= 0.6 is 0 Å². The zero-order valence-electron chi connectivity index (χ0n) is 16.6. The number of methoxy groups -OCH3 is 1. The molecule has 0 aromatic heterocycles. The van der Waals surface area contributed by atoms with Gasteiger partial charge in [-0.05, 0) is 48.9 Å². The average Bonchev–Trinajstić information content (AvgIpc) is 2.78. The Morgan fingerprint density at radius 1 is 1.00 bits per heavy atom. The first kappa shape index (κ1) is 20.6. The van der Waals surface area contributed by atoms with Gasteiger partial charge in [0.25, 0.3) is 5.91 Å². The zero-order valence-corrected chi connectivity index (χ0v) is 16.6. The quantitative estimate of drug-likeness (QED) is 0.619. The van der Waals surface area contributed by atoms with E-state index < -0.39 is 18.0 Å². The first-order valence-electron chi connectivity index (χ1n) is 9.23. The maximum absolute atomic E-state index is 13.1. The topological polar surface area (TPSA) is 88.4 Å². The molecule has 0 heterocycles. The lowest BCUT2D eigenvalue weighted by Gasteiger charge is -2.19. The maximum atomic E-state index is 13.1. The van der Waals surface area contributed by atoms with Crippen molar-refractivity contribution in [3.05, 3.63) is 95.1 Å². The Kier molecular flexibility index (Phi) is 6.46. The molecule has 0 spiro atoms. The molecule has 0 aliphatic heterocycles. The molecular formula is C24H20N2O4.